The first-order chi connectivity index (χ1) is 9.45. The molecule has 1 aromatic rings. The number of hydrogen-bond donors (Lipinski definition) is 3. The van der Waals surface area contributed by atoms with Gasteiger partial charge in [-0.2, -0.15) is 0 Å². The van der Waals surface area contributed by atoms with Crippen LogP contribution in [0.15, 0.2) is 35.5 Å². The van der Waals surface area contributed by atoms with Crippen LogP contribution in [-0.2, 0) is 5.60 Å². The summed E-state index contributed by atoms with van der Waals surface area (Å²) in [5, 5.41) is 15.7. The standard InChI is InChI=1S/C15H24N2O3/c1-4-5-6-8-12(2)17-14(18)16-11-15(3,19)13-9-7-10-20-13/h4,7,9-10,12,19H,1,5-6,8,11H2,2-3H3,(H2,16,17,18). The summed E-state index contributed by atoms with van der Waals surface area (Å²) in [6.45, 7) is 7.30. The largest absolute Gasteiger partial charge is 0.466 e. The molecule has 0 fully saturated rings. The molecule has 2 amide bonds. The van der Waals surface area contributed by atoms with Crippen LogP contribution in [0, 0.1) is 0 Å². The average Bonchev–Trinajstić information content (AvgIpc) is 2.91. The van der Waals surface area contributed by atoms with Crippen molar-refractivity contribution in [2.75, 3.05) is 6.54 Å². The molecule has 2 atom stereocenters. The fraction of sp³-hybridized carbons (Fsp3) is 0.533. The molecular formula is C15H24N2O3. The second-order valence-corrected chi connectivity index (χ2v) is 5.20. The zero-order valence-corrected chi connectivity index (χ0v) is 12.2. The molecule has 0 aliphatic carbocycles. The monoisotopic (exact) mass is 280 g/mol. The maximum Gasteiger partial charge on any atom is 0.315 e. The van der Waals surface area contributed by atoms with Crippen LogP contribution >= 0.6 is 0 Å². The van der Waals surface area contributed by atoms with Gasteiger partial charge in [-0.25, -0.2) is 4.79 Å². The minimum Gasteiger partial charge on any atom is -0.466 e. The third kappa shape index (κ3) is 5.48. The van der Waals surface area contributed by atoms with E-state index in [9.17, 15) is 9.90 Å². The van der Waals surface area contributed by atoms with Gasteiger partial charge in [0.2, 0.25) is 0 Å². The highest BCUT2D eigenvalue weighted by molar-refractivity contribution is 5.74. The lowest BCUT2D eigenvalue weighted by molar-refractivity contribution is 0.0366. The quantitative estimate of drug-likeness (QED) is 0.506. The first-order valence-corrected chi connectivity index (χ1v) is 6.87. The number of rotatable bonds is 8. The van der Waals surface area contributed by atoms with E-state index in [1.165, 1.54) is 6.26 Å². The van der Waals surface area contributed by atoms with Crippen molar-refractivity contribution in [2.24, 2.45) is 0 Å². The highest BCUT2D eigenvalue weighted by atomic mass is 16.4. The maximum absolute atomic E-state index is 11.7. The number of carbonyl (C=O) groups excluding carboxylic acids is 1. The van der Waals surface area contributed by atoms with Crippen LogP contribution in [0.3, 0.4) is 0 Å². The van der Waals surface area contributed by atoms with Crippen molar-refractivity contribution in [1.29, 1.82) is 0 Å². The number of urea groups is 1. The van der Waals surface area contributed by atoms with E-state index in [4.69, 9.17) is 4.42 Å². The lowest BCUT2D eigenvalue weighted by Crippen LogP contribution is -2.46. The molecule has 0 radical (unpaired) electrons. The van der Waals surface area contributed by atoms with E-state index in [-0.39, 0.29) is 18.6 Å². The van der Waals surface area contributed by atoms with E-state index in [2.05, 4.69) is 17.2 Å². The third-order valence-corrected chi connectivity index (χ3v) is 3.07. The van der Waals surface area contributed by atoms with Crippen LogP contribution in [0.25, 0.3) is 0 Å². The molecule has 0 bridgehead atoms. The Bertz CT molecular complexity index is 413. The van der Waals surface area contributed by atoms with E-state index in [1.807, 2.05) is 13.0 Å². The van der Waals surface area contributed by atoms with Gasteiger partial charge in [0.15, 0.2) is 0 Å². The predicted molar refractivity (Wildman–Crippen MR) is 78.3 cm³/mol. The van der Waals surface area contributed by atoms with E-state index in [1.54, 1.807) is 19.1 Å². The van der Waals surface area contributed by atoms with E-state index >= 15 is 0 Å². The molecule has 0 saturated carbocycles. The van der Waals surface area contributed by atoms with Crippen LogP contribution in [0.2, 0.25) is 0 Å². The minimum absolute atomic E-state index is 0.0866. The molecule has 20 heavy (non-hydrogen) atoms. The van der Waals surface area contributed by atoms with Crippen molar-refractivity contribution < 1.29 is 14.3 Å². The topological polar surface area (TPSA) is 74.5 Å². The Morgan fingerprint density at radius 3 is 3.00 bits per heavy atom. The number of unbranched alkanes of at least 4 members (excludes halogenated alkanes) is 1. The molecule has 5 heteroatoms. The first-order valence-electron chi connectivity index (χ1n) is 6.87. The van der Waals surface area contributed by atoms with Gasteiger partial charge in [-0.05, 0) is 45.2 Å². The van der Waals surface area contributed by atoms with E-state index in [0.717, 1.165) is 19.3 Å². The molecule has 1 rings (SSSR count). The Morgan fingerprint density at radius 2 is 2.40 bits per heavy atom. The second-order valence-electron chi connectivity index (χ2n) is 5.20. The maximum atomic E-state index is 11.7. The summed E-state index contributed by atoms with van der Waals surface area (Å²) in [7, 11) is 0. The van der Waals surface area contributed by atoms with E-state index in [0.29, 0.717) is 5.76 Å². The molecule has 0 spiro atoms. The van der Waals surface area contributed by atoms with Gasteiger partial charge in [0.25, 0.3) is 0 Å². The first kappa shape index (κ1) is 16.3. The number of nitrogens with one attached hydrogen (secondary N) is 2. The van der Waals surface area contributed by atoms with Crippen LogP contribution in [0.4, 0.5) is 4.79 Å². The highest BCUT2D eigenvalue weighted by Gasteiger charge is 2.26. The van der Waals surface area contributed by atoms with Crippen molar-refractivity contribution in [3.8, 4) is 0 Å². The summed E-state index contributed by atoms with van der Waals surface area (Å²) in [6, 6.07) is 3.18. The molecule has 1 aromatic heterocycles. The van der Waals surface area contributed by atoms with Crippen LogP contribution < -0.4 is 10.6 Å². The summed E-state index contributed by atoms with van der Waals surface area (Å²) >= 11 is 0. The molecule has 2 unspecified atom stereocenters. The van der Waals surface area contributed by atoms with E-state index < -0.39 is 5.60 Å². The molecule has 5 nitrogen and oxygen atoms in total. The molecule has 0 aromatic carbocycles. The molecule has 0 aliphatic heterocycles. The Labute approximate surface area is 120 Å². The Morgan fingerprint density at radius 1 is 1.65 bits per heavy atom. The smallest absolute Gasteiger partial charge is 0.315 e. The Hall–Kier alpha value is -1.75. The molecule has 0 aliphatic rings. The zero-order valence-electron chi connectivity index (χ0n) is 12.2. The fourth-order valence-electron chi connectivity index (χ4n) is 1.84. The van der Waals surface area contributed by atoms with Gasteiger partial charge >= 0.3 is 6.03 Å². The van der Waals surface area contributed by atoms with Gasteiger partial charge in [-0.1, -0.05) is 6.08 Å². The van der Waals surface area contributed by atoms with Gasteiger partial charge in [-0.3, -0.25) is 0 Å². The second kappa shape index (κ2) is 7.75. The number of amides is 2. The lowest BCUT2D eigenvalue weighted by atomic mass is 10.0. The number of allylic oxidation sites excluding steroid dienone is 1. The van der Waals surface area contributed by atoms with Crippen molar-refractivity contribution in [3.63, 3.8) is 0 Å². The van der Waals surface area contributed by atoms with Crippen molar-refractivity contribution in [3.05, 3.63) is 36.8 Å². The number of furan rings is 1. The van der Waals surface area contributed by atoms with Gasteiger partial charge in [-0.15, -0.1) is 6.58 Å². The summed E-state index contributed by atoms with van der Waals surface area (Å²) in [5.41, 5.74) is -1.22. The average molecular weight is 280 g/mol. The number of aliphatic hydroxyl groups is 1. The summed E-state index contributed by atoms with van der Waals surface area (Å²) in [4.78, 5) is 11.7. The lowest BCUT2D eigenvalue weighted by Gasteiger charge is -2.22. The van der Waals surface area contributed by atoms with Gasteiger partial charge < -0.3 is 20.2 Å². The van der Waals surface area contributed by atoms with Crippen molar-refractivity contribution in [1.82, 2.24) is 10.6 Å². The Balaban J connectivity index is 2.30. The molecule has 112 valence electrons. The number of carbonyl (C=O) groups is 1. The predicted octanol–water partition coefficient (Wildman–Crippen LogP) is 2.53. The van der Waals surface area contributed by atoms with Crippen molar-refractivity contribution in [2.45, 2.75) is 44.8 Å². The molecule has 0 saturated heterocycles. The normalized spacial score (nSPS) is 15.2. The third-order valence-electron chi connectivity index (χ3n) is 3.07. The van der Waals surface area contributed by atoms with Gasteiger partial charge in [0.1, 0.15) is 11.4 Å². The number of hydrogen-bond acceptors (Lipinski definition) is 3. The van der Waals surface area contributed by atoms with Gasteiger partial charge in [0.05, 0.1) is 12.8 Å². The van der Waals surface area contributed by atoms with Crippen LogP contribution in [0.1, 0.15) is 38.9 Å². The fourth-order valence-corrected chi connectivity index (χ4v) is 1.84. The SMILES string of the molecule is C=CCCCC(C)NC(=O)NCC(C)(O)c1ccco1. The zero-order chi connectivity index (χ0) is 15.0. The minimum atomic E-state index is -1.22. The molecule has 3 N–H and O–H groups in total. The summed E-state index contributed by atoms with van der Waals surface area (Å²) in [5.74, 6) is 0.428. The highest BCUT2D eigenvalue weighted by Crippen LogP contribution is 2.19. The Kier molecular flexibility index (Phi) is 6.31. The van der Waals surface area contributed by atoms with Crippen LogP contribution in [-0.4, -0.2) is 23.7 Å². The summed E-state index contributed by atoms with van der Waals surface area (Å²) < 4.78 is 5.15. The van der Waals surface area contributed by atoms with Gasteiger partial charge in [0, 0.05) is 6.04 Å². The molecule has 1 heterocycles. The van der Waals surface area contributed by atoms with Crippen LogP contribution in [0.5, 0.6) is 0 Å². The molecular weight excluding hydrogens is 256 g/mol. The van der Waals surface area contributed by atoms with Crippen molar-refractivity contribution >= 4 is 6.03 Å². The summed E-state index contributed by atoms with van der Waals surface area (Å²) in [6.07, 6.45) is 6.20.